The fourth-order valence-corrected chi connectivity index (χ4v) is 4.77. The topological polar surface area (TPSA) is 50.7 Å². The van der Waals surface area contributed by atoms with Gasteiger partial charge in [-0.2, -0.15) is 0 Å². The summed E-state index contributed by atoms with van der Waals surface area (Å²) in [6.07, 6.45) is 1.90. The molecule has 1 aliphatic rings. The molecule has 5 heteroatoms. The number of ether oxygens (including phenoxy) is 2. The van der Waals surface area contributed by atoms with Gasteiger partial charge in [0.05, 0.1) is 13.7 Å². The van der Waals surface area contributed by atoms with Gasteiger partial charge in [-0.15, -0.1) is 11.3 Å². The number of rotatable bonds is 7. The smallest absolute Gasteiger partial charge is 0.166 e. The van der Waals surface area contributed by atoms with Crippen molar-refractivity contribution < 1.29 is 14.6 Å². The van der Waals surface area contributed by atoms with Crippen LogP contribution in [0.1, 0.15) is 33.2 Å². The highest BCUT2D eigenvalue weighted by atomic mass is 32.1. The average Bonchev–Trinajstić information content (AvgIpc) is 3.23. The van der Waals surface area contributed by atoms with Gasteiger partial charge in [0.25, 0.3) is 0 Å². The van der Waals surface area contributed by atoms with Crippen molar-refractivity contribution in [2.45, 2.75) is 32.1 Å². The molecule has 0 fully saturated rings. The minimum atomic E-state index is -0.0791. The maximum atomic E-state index is 10.1. The quantitative estimate of drug-likeness (QED) is 0.628. The highest BCUT2D eigenvalue weighted by Crippen LogP contribution is 2.37. The van der Waals surface area contributed by atoms with E-state index in [0.717, 1.165) is 36.1 Å². The molecule has 0 saturated carbocycles. The molecule has 2 heterocycles. The van der Waals surface area contributed by atoms with E-state index in [-0.39, 0.29) is 12.6 Å². The van der Waals surface area contributed by atoms with Crippen LogP contribution in [0, 0.1) is 0 Å². The molecule has 1 aliphatic heterocycles. The second kappa shape index (κ2) is 8.78. The van der Waals surface area contributed by atoms with E-state index in [1.807, 2.05) is 47.7 Å². The second-order valence-electron chi connectivity index (χ2n) is 6.93. The minimum Gasteiger partial charge on any atom is -0.492 e. The standard InChI is InChI=1S/C23H25NO3S/c1-26-23-19(14-25)17(13-20-18-10-12-28-22(18)9-11-24-20)7-8-21(23)27-15-16-5-3-2-4-6-16/h2-8,10,12,20,24-25H,9,11,13-15H2,1H3. The first-order valence-electron chi connectivity index (χ1n) is 9.56. The molecule has 146 valence electrons. The number of nitrogens with one attached hydrogen (secondary N) is 1. The number of thiophene rings is 1. The summed E-state index contributed by atoms with van der Waals surface area (Å²) < 4.78 is 11.6. The first-order chi connectivity index (χ1) is 13.8. The van der Waals surface area contributed by atoms with Crippen LogP contribution in [0.5, 0.6) is 11.5 Å². The van der Waals surface area contributed by atoms with E-state index in [9.17, 15) is 5.11 Å². The van der Waals surface area contributed by atoms with Gasteiger partial charge in [0, 0.05) is 23.0 Å². The summed E-state index contributed by atoms with van der Waals surface area (Å²) in [6.45, 7) is 1.37. The van der Waals surface area contributed by atoms with Gasteiger partial charge in [-0.25, -0.2) is 0 Å². The zero-order valence-corrected chi connectivity index (χ0v) is 16.8. The van der Waals surface area contributed by atoms with Crippen molar-refractivity contribution in [2.24, 2.45) is 0 Å². The first-order valence-corrected chi connectivity index (χ1v) is 10.4. The van der Waals surface area contributed by atoms with E-state index < -0.39 is 0 Å². The van der Waals surface area contributed by atoms with E-state index in [1.165, 1.54) is 10.4 Å². The molecule has 0 aliphatic carbocycles. The van der Waals surface area contributed by atoms with Gasteiger partial charge in [0.15, 0.2) is 11.5 Å². The Morgan fingerprint density at radius 2 is 2.00 bits per heavy atom. The van der Waals surface area contributed by atoms with Gasteiger partial charge >= 0.3 is 0 Å². The van der Waals surface area contributed by atoms with Gasteiger partial charge in [-0.05, 0) is 47.0 Å². The Kier molecular flexibility index (Phi) is 5.95. The molecule has 0 spiro atoms. The Morgan fingerprint density at radius 3 is 2.79 bits per heavy atom. The number of aliphatic hydroxyl groups is 1. The SMILES string of the molecule is COc1c(OCc2ccccc2)ccc(CC2NCCc3sccc32)c1CO. The molecular formula is C23H25NO3S. The van der Waals surface area contributed by atoms with E-state index in [4.69, 9.17) is 9.47 Å². The zero-order valence-electron chi connectivity index (χ0n) is 16.0. The molecule has 3 aromatic rings. The van der Waals surface area contributed by atoms with Crippen molar-refractivity contribution >= 4 is 11.3 Å². The lowest BCUT2D eigenvalue weighted by Crippen LogP contribution is -2.30. The third-order valence-electron chi connectivity index (χ3n) is 5.24. The fraction of sp³-hybridized carbons (Fsp3) is 0.304. The number of hydrogen-bond donors (Lipinski definition) is 2. The van der Waals surface area contributed by atoms with Crippen molar-refractivity contribution in [1.29, 1.82) is 0 Å². The summed E-state index contributed by atoms with van der Waals surface area (Å²) in [6, 6.07) is 16.5. The molecule has 0 amide bonds. The summed E-state index contributed by atoms with van der Waals surface area (Å²) in [4.78, 5) is 1.46. The monoisotopic (exact) mass is 395 g/mol. The third-order valence-corrected chi connectivity index (χ3v) is 6.24. The summed E-state index contributed by atoms with van der Waals surface area (Å²) in [5.74, 6) is 1.28. The molecule has 0 radical (unpaired) electrons. The van der Waals surface area contributed by atoms with Crippen LogP contribution in [-0.2, 0) is 26.1 Å². The molecule has 1 unspecified atom stereocenters. The molecule has 0 bridgehead atoms. The molecule has 28 heavy (non-hydrogen) atoms. The molecular weight excluding hydrogens is 370 g/mol. The number of fused-ring (bicyclic) bond motifs is 1. The Bertz CT molecular complexity index is 923. The second-order valence-corrected chi connectivity index (χ2v) is 7.93. The summed E-state index contributed by atoms with van der Waals surface area (Å²) >= 11 is 1.83. The van der Waals surface area contributed by atoms with Crippen molar-refractivity contribution in [2.75, 3.05) is 13.7 Å². The highest BCUT2D eigenvalue weighted by molar-refractivity contribution is 7.10. The maximum absolute atomic E-state index is 10.1. The van der Waals surface area contributed by atoms with Crippen LogP contribution < -0.4 is 14.8 Å². The Hall–Kier alpha value is -2.34. The van der Waals surface area contributed by atoms with Crippen molar-refractivity contribution in [1.82, 2.24) is 5.32 Å². The van der Waals surface area contributed by atoms with E-state index in [1.54, 1.807) is 7.11 Å². The van der Waals surface area contributed by atoms with Gasteiger partial charge < -0.3 is 19.9 Å². The Morgan fingerprint density at radius 1 is 1.14 bits per heavy atom. The summed E-state index contributed by atoms with van der Waals surface area (Å²) in [5, 5.41) is 15.8. The molecule has 2 N–H and O–H groups in total. The molecule has 4 rings (SSSR count). The van der Waals surface area contributed by atoms with Gasteiger partial charge in [-0.1, -0.05) is 36.4 Å². The highest BCUT2D eigenvalue weighted by Gasteiger charge is 2.23. The number of aliphatic hydroxyl groups excluding tert-OH is 1. The normalized spacial score (nSPS) is 15.9. The first kappa shape index (κ1) is 19.0. The molecule has 2 aromatic carbocycles. The molecule has 1 atom stereocenters. The maximum Gasteiger partial charge on any atom is 0.166 e. The van der Waals surface area contributed by atoms with Gasteiger partial charge in [-0.3, -0.25) is 0 Å². The predicted octanol–water partition coefficient (Wildman–Crippen LogP) is 4.26. The third kappa shape index (κ3) is 3.92. The lowest BCUT2D eigenvalue weighted by atomic mass is 9.93. The Balaban J connectivity index is 1.57. The fourth-order valence-electron chi connectivity index (χ4n) is 3.82. The predicted molar refractivity (Wildman–Crippen MR) is 112 cm³/mol. The van der Waals surface area contributed by atoms with Crippen LogP contribution in [0.2, 0.25) is 0 Å². The summed E-state index contributed by atoms with van der Waals surface area (Å²) in [5.41, 5.74) is 4.36. The van der Waals surface area contributed by atoms with Crippen molar-refractivity contribution in [3.05, 3.63) is 81.0 Å². The average molecular weight is 396 g/mol. The Labute approximate surface area is 169 Å². The van der Waals surface area contributed by atoms with Crippen LogP contribution in [0.15, 0.2) is 53.9 Å². The van der Waals surface area contributed by atoms with E-state index in [0.29, 0.717) is 18.1 Å². The van der Waals surface area contributed by atoms with Crippen LogP contribution in [-0.4, -0.2) is 18.8 Å². The van der Waals surface area contributed by atoms with Gasteiger partial charge in [0.1, 0.15) is 6.61 Å². The minimum absolute atomic E-state index is 0.0791. The van der Waals surface area contributed by atoms with Crippen LogP contribution in [0.4, 0.5) is 0 Å². The zero-order chi connectivity index (χ0) is 19.3. The van der Waals surface area contributed by atoms with Crippen molar-refractivity contribution in [3.8, 4) is 11.5 Å². The number of methoxy groups -OCH3 is 1. The molecule has 1 aromatic heterocycles. The van der Waals surface area contributed by atoms with Gasteiger partial charge in [0.2, 0.25) is 0 Å². The van der Waals surface area contributed by atoms with Crippen LogP contribution in [0.3, 0.4) is 0 Å². The molecule has 0 saturated heterocycles. The lowest BCUT2D eigenvalue weighted by molar-refractivity contribution is 0.258. The lowest BCUT2D eigenvalue weighted by Gasteiger charge is -2.26. The van der Waals surface area contributed by atoms with E-state index in [2.05, 4.69) is 22.8 Å². The largest absolute Gasteiger partial charge is 0.492 e. The van der Waals surface area contributed by atoms with Crippen LogP contribution >= 0.6 is 11.3 Å². The number of hydrogen-bond acceptors (Lipinski definition) is 5. The summed E-state index contributed by atoms with van der Waals surface area (Å²) in [7, 11) is 1.63. The van der Waals surface area contributed by atoms with Crippen LogP contribution in [0.25, 0.3) is 0 Å². The van der Waals surface area contributed by atoms with E-state index >= 15 is 0 Å². The number of benzene rings is 2. The molecule has 4 nitrogen and oxygen atoms in total. The van der Waals surface area contributed by atoms with Crippen molar-refractivity contribution in [3.63, 3.8) is 0 Å².